The molecule has 3 rings (SSSR count). The molecule has 0 heteroatoms. The van der Waals surface area contributed by atoms with E-state index >= 15 is 0 Å². The van der Waals surface area contributed by atoms with E-state index in [1.165, 1.54) is 80.9 Å². The molecule has 0 spiro atoms. The minimum Gasteiger partial charge on any atom is -0.103 e. The molecular formula is C26H38. The van der Waals surface area contributed by atoms with Crippen LogP contribution < -0.4 is 0 Å². The summed E-state index contributed by atoms with van der Waals surface area (Å²) in [6.07, 6.45) is 16.3. The smallest absolute Gasteiger partial charge is 0.0162 e. The molecule has 0 aromatic heterocycles. The van der Waals surface area contributed by atoms with Gasteiger partial charge in [-0.15, -0.1) is 6.58 Å². The van der Waals surface area contributed by atoms with Gasteiger partial charge in [-0.3, -0.25) is 0 Å². The zero-order valence-electron chi connectivity index (χ0n) is 17.1. The third-order valence-corrected chi connectivity index (χ3v) is 7.29. The van der Waals surface area contributed by atoms with Crippen molar-refractivity contribution in [2.24, 2.45) is 17.8 Å². The summed E-state index contributed by atoms with van der Waals surface area (Å²) in [4.78, 5) is 0. The van der Waals surface area contributed by atoms with E-state index in [0.717, 1.165) is 23.7 Å². The van der Waals surface area contributed by atoms with Gasteiger partial charge in [0.1, 0.15) is 0 Å². The molecule has 2 fully saturated rings. The lowest BCUT2D eigenvalue weighted by molar-refractivity contribution is 0.157. The lowest BCUT2D eigenvalue weighted by Crippen LogP contribution is -2.25. The third kappa shape index (κ3) is 4.70. The monoisotopic (exact) mass is 350 g/mol. The van der Waals surface area contributed by atoms with Gasteiger partial charge in [0.05, 0.1) is 0 Å². The van der Waals surface area contributed by atoms with Crippen molar-refractivity contribution in [3.63, 3.8) is 0 Å². The number of benzene rings is 1. The quantitative estimate of drug-likeness (QED) is 0.455. The topological polar surface area (TPSA) is 0 Å². The first-order valence-corrected chi connectivity index (χ1v) is 11.0. The SMILES string of the molecule is C=CCCC1CCC(C2CCC(c3ccc(C(=C)C)c(C)c3)CC2)CC1. The molecule has 0 radical (unpaired) electrons. The highest BCUT2D eigenvalue weighted by molar-refractivity contribution is 5.64. The van der Waals surface area contributed by atoms with Gasteiger partial charge < -0.3 is 0 Å². The molecule has 2 saturated carbocycles. The van der Waals surface area contributed by atoms with E-state index in [1.807, 2.05) is 0 Å². The van der Waals surface area contributed by atoms with Crippen molar-refractivity contribution < 1.29 is 0 Å². The Kier molecular flexibility index (Phi) is 6.79. The first kappa shape index (κ1) is 19.5. The van der Waals surface area contributed by atoms with E-state index in [1.54, 1.807) is 5.56 Å². The Labute approximate surface area is 161 Å². The number of allylic oxidation sites excluding steroid dienone is 2. The van der Waals surface area contributed by atoms with Crippen molar-refractivity contribution in [3.05, 3.63) is 54.1 Å². The Morgan fingerprint density at radius 2 is 1.62 bits per heavy atom. The first-order valence-electron chi connectivity index (χ1n) is 11.0. The van der Waals surface area contributed by atoms with Gasteiger partial charge in [0.2, 0.25) is 0 Å². The van der Waals surface area contributed by atoms with Crippen LogP contribution in [0.2, 0.25) is 0 Å². The van der Waals surface area contributed by atoms with Crippen LogP contribution >= 0.6 is 0 Å². The van der Waals surface area contributed by atoms with Gasteiger partial charge in [-0.1, -0.05) is 49.3 Å². The van der Waals surface area contributed by atoms with Gasteiger partial charge in [-0.2, -0.15) is 0 Å². The zero-order valence-corrected chi connectivity index (χ0v) is 17.1. The Bertz CT molecular complexity index is 607. The fraction of sp³-hybridized carbons (Fsp3) is 0.615. The predicted octanol–water partition coefficient (Wildman–Crippen LogP) is 8.07. The average Bonchev–Trinajstić information content (AvgIpc) is 2.66. The molecule has 142 valence electrons. The van der Waals surface area contributed by atoms with Crippen LogP contribution in [0.25, 0.3) is 5.57 Å². The molecule has 1 aromatic rings. The van der Waals surface area contributed by atoms with E-state index < -0.39 is 0 Å². The van der Waals surface area contributed by atoms with Crippen LogP contribution in [0, 0.1) is 24.7 Å². The summed E-state index contributed by atoms with van der Waals surface area (Å²) < 4.78 is 0. The summed E-state index contributed by atoms with van der Waals surface area (Å²) in [5.74, 6) is 3.79. The highest BCUT2D eigenvalue weighted by Crippen LogP contribution is 2.44. The average molecular weight is 351 g/mol. The largest absolute Gasteiger partial charge is 0.103 e. The van der Waals surface area contributed by atoms with Crippen molar-refractivity contribution >= 4 is 5.57 Å². The van der Waals surface area contributed by atoms with Gasteiger partial charge in [-0.25, -0.2) is 0 Å². The van der Waals surface area contributed by atoms with E-state index in [0.29, 0.717) is 0 Å². The Balaban J connectivity index is 1.50. The fourth-order valence-corrected chi connectivity index (χ4v) is 5.65. The van der Waals surface area contributed by atoms with Crippen molar-refractivity contribution in [1.82, 2.24) is 0 Å². The molecule has 0 atom stereocenters. The molecule has 2 aliphatic rings. The summed E-state index contributed by atoms with van der Waals surface area (Å²) >= 11 is 0. The molecule has 0 nitrogen and oxygen atoms in total. The number of hydrogen-bond donors (Lipinski definition) is 0. The Morgan fingerprint density at radius 1 is 1.00 bits per heavy atom. The molecule has 26 heavy (non-hydrogen) atoms. The van der Waals surface area contributed by atoms with E-state index in [9.17, 15) is 0 Å². The Morgan fingerprint density at radius 3 is 2.15 bits per heavy atom. The molecule has 0 bridgehead atoms. The minimum atomic E-state index is 0.785. The zero-order chi connectivity index (χ0) is 18.5. The second-order valence-corrected chi connectivity index (χ2v) is 9.11. The number of rotatable bonds is 6. The van der Waals surface area contributed by atoms with Crippen LogP contribution in [-0.4, -0.2) is 0 Å². The van der Waals surface area contributed by atoms with Crippen molar-refractivity contribution in [3.8, 4) is 0 Å². The third-order valence-electron chi connectivity index (χ3n) is 7.29. The van der Waals surface area contributed by atoms with Crippen LogP contribution in [0.1, 0.15) is 93.7 Å². The van der Waals surface area contributed by atoms with E-state index in [2.05, 4.69) is 51.3 Å². The second-order valence-electron chi connectivity index (χ2n) is 9.11. The molecule has 0 amide bonds. The highest BCUT2D eigenvalue weighted by Gasteiger charge is 2.31. The molecule has 0 unspecified atom stereocenters. The first-order chi connectivity index (χ1) is 12.6. The number of hydrogen-bond acceptors (Lipinski definition) is 0. The molecule has 1 aromatic carbocycles. The summed E-state index contributed by atoms with van der Waals surface area (Å²) in [6.45, 7) is 12.3. The van der Waals surface area contributed by atoms with Crippen LogP contribution in [0.4, 0.5) is 0 Å². The molecule has 0 saturated heterocycles. The maximum atomic E-state index is 4.11. The van der Waals surface area contributed by atoms with Crippen molar-refractivity contribution in [2.75, 3.05) is 0 Å². The summed E-state index contributed by atoms with van der Waals surface area (Å²) in [5, 5.41) is 0. The molecule has 2 aliphatic carbocycles. The number of aryl methyl sites for hydroxylation is 1. The van der Waals surface area contributed by atoms with E-state index in [-0.39, 0.29) is 0 Å². The van der Waals surface area contributed by atoms with Gasteiger partial charge in [-0.05, 0) is 106 Å². The lowest BCUT2D eigenvalue weighted by atomic mass is 9.68. The predicted molar refractivity (Wildman–Crippen MR) is 115 cm³/mol. The van der Waals surface area contributed by atoms with Crippen molar-refractivity contribution in [1.29, 1.82) is 0 Å². The van der Waals surface area contributed by atoms with E-state index in [4.69, 9.17) is 0 Å². The van der Waals surface area contributed by atoms with Gasteiger partial charge >= 0.3 is 0 Å². The maximum absolute atomic E-state index is 4.11. The highest BCUT2D eigenvalue weighted by atomic mass is 14.4. The molecule has 0 N–H and O–H groups in total. The maximum Gasteiger partial charge on any atom is -0.0162 e. The molecule has 0 aliphatic heterocycles. The Hall–Kier alpha value is -1.30. The fourth-order valence-electron chi connectivity index (χ4n) is 5.65. The van der Waals surface area contributed by atoms with Gasteiger partial charge in [0, 0.05) is 0 Å². The van der Waals surface area contributed by atoms with Gasteiger partial charge in [0.15, 0.2) is 0 Å². The summed E-state index contributed by atoms with van der Waals surface area (Å²) in [7, 11) is 0. The summed E-state index contributed by atoms with van der Waals surface area (Å²) in [6, 6.07) is 7.09. The lowest BCUT2D eigenvalue weighted by Gasteiger charge is -2.38. The normalized spacial score (nSPS) is 29.3. The van der Waals surface area contributed by atoms with Crippen molar-refractivity contribution in [2.45, 2.75) is 84.0 Å². The molecular weight excluding hydrogens is 312 g/mol. The van der Waals surface area contributed by atoms with Crippen LogP contribution in [0.3, 0.4) is 0 Å². The van der Waals surface area contributed by atoms with Gasteiger partial charge in [0.25, 0.3) is 0 Å². The minimum absolute atomic E-state index is 0.785. The van der Waals surface area contributed by atoms with Crippen LogP contribution in [-0.2, 0) is 0 Å². The van der Waals surface area contributed by atoms with Crippen LogP contribution in [0.15, 0.2) is 37.4 Å². The van der Waals surface area contributed by atoms with Crippen LogP contribution in [0.5, 0.6) is 0 Å². The molecule has 0 heterocycles. The second kappa shape index (κ2) is 9.07. The standard InChI is InChI=1S/C26H38/c1-5-6-7-21-8-10-22(11-9-21)23-12-14-24(15-13-23)25-16-17-26(19(2)3)20(4)18-25/h5,16-18,21-24H,1-2,6-15H2,3-4H3. The summed E-state index contributed by atoms with van der Waals surface area (Å²) in [5.41, 5.74) is 5.48.